The summed E-state index contributed by atoms with van der Waals surface area (Å²) in [5, 5.41) is 0. The second kappa shape index (κ2) is 8.27. The third-order valence-corrected chi connectivity index (χ3v) is 4.36. The topological polar surface area (TPSA) is 46.2 Å². The molecule has 0 unspecified atom stereocenters. The van der Waals surface area contributed by atoms with Crippen molar-refractivity contribution in [1.82, 2.24) is 4.72 Å². The van der Waals surface area contributed by atoms with E-state index in [4.69, 9.17) is 0 Å². The molecule has 0 amide bonds. The Labute approximate surface area is 115 Å². The summed E-state index contributed by atoms with van der Waals surface area (Å²) in [6, 6.07) is 6.42. The number of hydrogen-bond acceptors (Lipinski definition) is 2. The SMILES string of the molecule is CCCCS(=O)(=O)NCCCCc1ccc(F)cc1. The average molecular weight is 287 g/mol. The van der Waals surface area contributed by atoms with Crippen LogP contribution >= 0.6 is 0 Å². The molecule has 5 heteroatoms. The Morgan fingerprint density at radius 2 is 1.79 bits per heavy atom. The van der Waals surface area contributed by atoms with E-state index in [2.05, 4.69) is 4.72 Å². The smallest absolute Gasteiger partial charge is 0.211 e. The second-order valence-electron chi connectivity index (χ2n) is 4.65. The van der Waals surface area contributed by atoms with Gasteiger partial charge in [-0.1, -0.05) is 25.5 Å². The minimum atomic E-state index is -3.09. The molecule has 0 aliphatic carbocycles. The normalized spacial score (nSPS) is 11.7. The van der Waals surface area contributed by atoms with Crippen LogP contribution < -0.4 is 4.72 Å². The number of unbranched alkanes of at least 4 members (excludes halogenated alkanes) is 2. The highest BCUT2D eigenvalue weighted by Gasteiger charge is 2.07. The number of sulfonamides is 1. The van der Waals surface area contributed by atoms with Crippen LogP contribution in [0.3, 0.4) is 0 Å². The third-order valence-electron chi connectivity index (χ3n) is 2.89. The van der Waals surface area contributed by atoms with Gasteiger partial charge in [0.15, 0.2) is 0 Å². The van der Waals surface area contributed by atoms with Gasteiger partial charge in [-0.05, 0) is 43.4 Å². The largest absolute Gasteiger partial charge is 0.215 e. The zero-order valence-corrected chi connectivity index (χ0v) is 12.2. The fourth-order valence-electron chi connectivity index (χ4n) is 1.74. The molecule has 0 saturated carbocycles. The maximum absolute atomic E-state index is 12.7. The summed E-state index contributed by atoms with van der Waals surface area (Å²) in [6.07, 6.45) is 4.11. The van der Waals surface area contributed by atoms with Gasteiger partial charge in [0, 0.05) is 6.54 Å². The molecule has 0 aliphatic heterocycles. The van der Waals surface area contributed by atoms with Crippen LogP contribution in [-0.2, 0) is 16.4 Å². The fraction of sp³-hybridized carbons (Fsp3) is 0.571. The predicted octanol–water partition coefficient (Wildman–Crippen LogP) is 2.87. The first-order valence-corrected chi connectivity index (χ1v) is 8.40. The number of rotatable bonds is 9. The van der Waals surface area contributed by atoms with Crippen molar-refractivity contribution in [2.45, 2.75) is 39.0 Å². The number of halogens is 1. The maximum atomic E-state index is 12.7. The van der Waals surface area contributed by atoms with Crippen molar-refractivity contribution >= 4 is 10.0 Å². The first-order valence-electron chi connectivity index (χ1n) is 6.75. The maximum Gasteiger partial charge on any atom is 0.211 e. The molecule has 0 atom stereocenters. The number of hydrogen-bond donors (Lipinski definition) is 1. The molecule has 19 heavy (non-hydrogen) atoms. The molecular weight excluding hydrogens is 265 g/mol. The molecule has 0 heterocycles. The van der Waals surface area contributed by atoms with Crippen molar-refractivity contribution in [3.63, 3.8) is 0 Å². The van der Waals surface area contributed by atoms with Crippen LogP contribution in [0.5, 0.6) is 0 Å². The van der Waals surface area contributed by atoms with Gasteiger partial charge in [-0.25, -0.2) is 17.5 Å². The molecule has 1 aromatic carbocycles. The van der Waals surface area contributed by atoms with Crippen LogP contribution in [0.1, 0.15) is 38.2 Å². The van der Waals surface area contributed by atoms with Gasteiger partial charge in [-0.15, -0.1) is 0 Å². The van der Waals surface area contributed by atoms with Crippen molar-refractivity contribution in [3.05, 3.63) is 35.6 Å². The number of benzene rings is 1. The Bertz CT molecular complexity index is 457. The second-order valence-corrected chi connectivity index (χ2v) is 6.58. The van der Waals surface area contributed by atoms with Crippen LogP contribution in [-0.4, -0.2) is 20.7 Å². The van der Waals surface area contributed by atoms with Gasteiger partial charge in [0.25, 0.3) is 0 Å². The van der Waals surface area contributed by atoms with Gasteiger partial charge in [-0.2, -0.15) is 0 Å². The quantitative estimate of drug-likeness (QED) is 0.710. The van der Waals surface area contributed by atoms with Gasteiger partial charge in [0.05, 0.1) is 5.75 Å². The average Bonchev–Trinajstić information content (AvgIpc) is 2.38. The number of aryl methyl sites for hydroxylation is 1. The van der Waals surface area contributed by atoms with E-state index in [1.54, 1.807) is 12.1 Å². The molecule has 0 spiro atoms. The zero-order valence-electron chi connectivity index (χ0n) is 11.4. The lowest BCUT2D eigenvalue weighted by atomic mass is 10.1. The van der Waals surface area contributed by atoms with Crippen molar-refractivity contribution in [3.8, 4) is 0 Å². The van der Waals surface area contributed by atoms with Gasteiger partial charge in [-0.3, -0.25) is 0 Å². The summed E-state index contributed by atoms with van der Waals surface area (Å²) in [7, 11) is -3.09. The van der Waals surface area contributed by atoms with E-state index in [9.17, 15) is 12.8 Å². The van der Waals surface area contributed by atoms with E-state index in [1.807, 2.05) is 6.92 Å². The Hall–Kier alpha value is -0.940. The molecule has 1 N–H and O–H groups in total. The highest BCUT2D eigenvalue weighted by Crippen LogP contribution is 2.06. The van der Waals surface area contributed by atoms with Gasteiger partial charge < -0.3 is 0 Å². The van der Waals surface area contributed by atoms with Crippen LogP contribution in [0, 0.1) is 5.82 Å². The Morgan fingerprint density at radius 1 is 1.11 bits per heavy atom. The first-order chi connectivity index (χ1) is 9.03. The lowest BCUT2D eigenvalue weighted by molar-refractivity contribution is 0.573. The molecule has 1 rings (SSSR count). The highest BCUT2D eigenvalue weighted by atomic mass is 32.2. The van der Waals surface area contributed by atoms with Gasteiger partial charge in [0.2, 0.25) is 10.0 Å². The van der Waals surface area contributed by atoms with Crippen LogP contribution in [0.25, 0.3) is 0 Å². The fourth-order valence-corrected chi connectivity index (χ4v) is 3.01. The van der Waals surface area contributed by atoms with Gasteiger partial charge in [0.1, 0.15) is 5.82 Å². The summed E-state index contributed by atoms with van der Waals surface area (Å²) in [5.74, 6) is -0.0194. The van der Waals surface area contributed by atoms with E-state index < -0.39 is 10.0 Å². The van der Waals surface area contributed by atoms with Gasteiger partial charge >= 0.3 is 0 Å². The van der Waals surface area contributed by atoms with E-state index in [0.717, 1.165) is 31.2 Å². The van der Waals surface area contributed by atoms with Crippen molar-refractivity contribution in [2.24, 2.45) is 0 Å². The van der Waals surface area contributed by atoms with E-state index >= 15 is 0 Å². The summed E-state index contributed by atoms with van der Waals surface area (Å²) < 4.78 is 38.3. The molecule has 0 aliphatic rings. The molecule has 0 bridgehead atoms. The van der Waals surface area contributed by atoms with E-state index in [1.165, 1.54) is 12.1 Å². The van der Waals surface area contributed by atoms with Crippen LogP contribution in [0.15, 0.2) is 24.3 Å². The predicted molar refractivity (Wildman–Crippen MR) is 76.0 cm³/mol. The summed E-state index contributed by atoms with van der Waals surface area (Å²) >= 11 is 0. The lowest BCUT2D eigenvalue weighted by Crippen LogP contribution is -2.27. The summed E-state index contributed by atoms with van der Waals surface area (Å²) in [4.78, 5) is 0. The standard InChI is InChI=1S/C14H22FNO2S/c1-2-3-12-19(17,18)16-11-5-4-6-13-7-9-14(15)10-8-13/h7-10,16H,2-6,11-12H2,1H3. The van der Waals surface area contributed by atoms with E-state index in [-0.39, 0.29) is 11.6 Å². The summed E-state index contributed by atoms with van der Waals surface area (Å²) in [5.41, 5.74) is 1.08. The molecule has 3 nitrogen and oxygen atoms in total. The number of nitrogens with one attached hydrogen (secondary N) is 1. The molecule has 108 valence electrons. The van der Waals surface area contributed by atoms with Crippen molar-refractivity contribution < 1.29 is 12.8 Å². The molecule has 0 aromatic heterocycles. The van der Waals surface area contributed by atoms with Crippen molar-refractivity contribution in [1.29, 1.82) is 0 Å². The molecule has 0 radical (unpaired) electrons. The minimum absolute atomic E-state index is 0.210. The molecule has 0 saturated heterocycles. The Balaban J connectivity index is 2.16. The summed E-state index contributed by atoms with van der Waals surface area (Å²) in [6.45, 7) is 2.45. The Morgan fingerprint density at radius 3 is 2.42 bits per heavy atom. The van der Waals surface area contributed by atoms with Crippen LogP contribution in [0.4, 0.5) is 4.39 Å². The lowest BCUT2D eigenvalue weighted by Gasteiger charge is -2.06. The first kappa shape index (κ1) is 16.1. The zero-order chi connectivity index (χ0) is 14.1. The molecule has 0 fully saturated rings. The third kappa shape index (κ3) is 7.28. The molecular formula is C14H22FNO2S. The van der Waals surface area contributed by atoms with Crippen molar-refractivity contribution in [2.75, 3.05) is 12.3 Å². The highest BCUT2D eigenvalue weighted by molar-refractivity contribution is 7.89. The van der Waals surface area contributed by atoms with Crippen LogP contribution in [0.2, 0.25) is 0 Å². The minimum Gasteiger partial charge on any atom is -0.215 e. The van der Waals surface area contributed by atoms with E-state index in [0.29, 0.717) is 13.0 Å². The Kier molecular flexibility index (Phi) is 7.02. The monoisotopic (exact) mass is 287 g/mol. The molecule has 1 aromatic rings.